The zero-order valence-corrected chi connectivity index (χ0v) is 14.9. The largest absolute Gasteiger partial charge is 0.325 e. The van der Waals surface area contributed by atoms with Gasteiger partial charge in [-0.1, -0.05) is 30.0 Å². The molecule has 3 rings (SSSR count). The number of carbonyl (C=O) groups excluding carboxylic acids is 2. The minimum Gasteiger partial charge on any atom is -0.308 e. The van der Waals surface area contributed by atoms with E-state index in [9.17, 15) is 14.9 Å². The Labute approximate surface area is 156 Å². The van der Waals surface area contributed by atoms with Gasteiger partial charge in [0.2, 0.25) is 5.91 Å². The van der Waals surface area contributed by atoms with Crippen LogP contribution in [0.25, 0.3) is 0 Å². The maximum absolute atomic E-state index is 12.0. The Kier molecular flexibility index (Phi) is 5.87. The third-order valence-electron chi connectivity index (χ3n) is 4.01. The van der Waals surface area contributed by atoms with Crippen molar-refractivity contribution in [2.45, 2.75) is 30.7 Å². The van der Waals surface area contributed by atoms with E-state index >= 15 is 0 Å². The van der Waals surface area contributed by atoms with E-state index in [0.29, 0.717) is 16.3 Å². The monoisotopic (exact) mass is 366 g/mol. The molecule has 7 heteroatoms. The molecule has 1 aromatic heterocycles. The van der Waals surface area contributed by atoms with E-state index < -0.39 is 11.9 Å². The number of fused-ring (bicyclic) bond motifs is 1. The standard InChI is InChI=1S/C19H18N4O2S/c20-11-14-10-13-6-4-5-9-16(13)22-18(14)26-12-17(24)23-19(25)21-15-7-2-1-3-8-15/h1-3,7-8,10H,4-6,9,12H2,(H2,21,23,24,25). The molecule has 0 atom stereocenters. The van der Waals surface area contributed by atoms with E-state index in [2.05, 4.69) is 21.7 Å². The van der Waals surface area contributed by atoms with E-state index in [4.69, 9.17) is 0 Å². The molecule has 1 aliphatic rings. The summed E-state index contributed by atoms with van der Waals surface area (Å²) in [6, 6.07) is 12.3. The number of nitrogens with zero attached hydrogens (tertiary/aromatic N) is 2. The number of aryl methyl sites for hydroxylation is 2. The molecular weight excluding hydrogens is 348 g/mol. The minimum atomic E-state index is -0.583. The molecule has 2 N–H and O–H groups in total. The second-order valence-corrected chi connectivity index (χ2v) is 6.89. The van der Waals surface area contributed by atoms with E-state index in [-0.39, 0.29) is 5.75 Å². The van der Waals surface area contributed by atoms with Gasteiger partial charge in [-0.25, -0.2) is 9.78 Å². The van der Waals surface area contributed by atoms with Gasteiger partial charge in [-0.05, 0) is 49.4 Å². The fourth-order valence-electron chi connectivity index (χ4n) is 2.79. The van der Waals surface area contributed by atoms with E-state index in [1.807, 2.05) is 12.1 Å². The average molecular weight is 366 g/mol. The molecule has 2 aromatic rings. The van der Waals surface area contributed by atoms with Gasteiger partial charge in [0.05, 0.1) is 11.3 Å². The van der Waals surface area contributed by atoms with Crippen molar-refractivity contribution in [3.63, 3.8) is 0 Å². The van der Waals surface area contributed by atoms with Crippen LogP contribution in [0, 0.1) is 11.3 Å². The number of benzene rings is 1. The number of carbonyl (C=O) groups is 2. The SMILES string of the molecule is N#Cc1cc2c(nc1SCC(=O)NC(=O)Nc1ccccc1)CCCC2. The summed E-state index contributed by atoms with van der Waals surface area (Å²) in [5.74, 6) is -0.422. The molecule has 1 aliphatic carbocycles. The maximum Gasteiger partial charge on any atom is 0.325 e. The Morgan fingerprint density at radius 1 is 1.19 bits per heavy atom. The number of hydrogen-bond acceptors (Lipinski definition) is 5. The highest BCUT2D eigenvalue weighted by Gasteiger charge is 2.17. The number of imide groups is 1. The van der Waals surface area contributed by atoms with Crippen molar-refractivity contribution in [3.05, 3.63) is 53.2 Å². The molecule has 0 spiro atoms. The van der Waals surface area contributed by atoms with Crippen LogP contribution in [0.4, 0.5) is 10.5 Å². The van der Waals surface area contributed by atoms with Crippen molar-refractivity contribution in [1.82, 2.24) is 10.3 Å². The highest BCUT2D eigenvalue weighted by Crippen LogP contribution is 2.27. The zero-order chi connectivity index (χ0) is 18.4. The number of thioether (sulfide) groups is 1. The lowest BCUT2D eigenvalue weighted by molar-refractivity contribution is -0.117. The summed E-state index contributed by atoms with van der Waals surface area (Å²) in [4.78, 5) is 28.4. The number of amides is 3. The van der Waals surface area contributed by atoms with Crippen LogP contribution < -0.4 is 10.6 Å². The van der Waals surface area contributed by atoms with Crippen molar-refractivity contribution >= 4 is 29.4 Å². The summed E-state index contributed by atoms with van der Waals surface area (Å²) in [6.45, 7) is 0. The quantitative estimate of drug-likeness (QED) is 0.810. The highest BCUT2D eigenvalue weighted by atomic mass is 32.2. The van der Waals surface area contributed by atoms with Crippen LogP contribution >= 0.6 is 11.8 Å². The normalized spacial score (nSPS) is 12.6. The van der Waals surface area contributed by atoms with Gasteiger partial charge in [-0.15, -0.1) is 0 Å². The molecule has 0 radical (unpaired) electrons. The minimum absolute atomic E-state index is 0.0165. The number of pyridine rings is 1. The van der Waals surface area contributed by atoms with E-state index in [0.717, 1.165) is 36.9 Å². The van der Waals surface area contributed by atoms with Gasteiger partial charge in [-0.2, -0.15) is 5.26 Å². The molecule has 0 bridgehead atoms. The number of urea groups is 1. The van der Waals surface area contributed by atoms with Crippen LogP contribution in [-0.2, 0) is 17.6 Å². The number of nitrogens with one attached hydrogen (secondary N) is 2. The molecule has 26 heavy (non-hydrogen) atoms. The van der Waals surface area contributed by atoms with Gasteiger partial charge < -0.3 is 5.32 Å². The zero-order valence-electron chi connectivity index (χ0n) is 14.1. The average Bonchev–Trinajstić information content (AvgIpc) is 2.66. The number of nitriles is 1. The number of aromatic nitrogens is 1. The lowest BCUT2D eigenvalue weighted by Crippen LogP contribution is -2.35. The molecule has 3 amide bonds. The summed E-state index contributed by atoms with van der Waals surface area (Å²) >= 11 is 1.18. The Hall–Kier alpha value is -2.85. The molecule has 0 unspecified atom stereocenters. The van der Waals surface area contributed by atoms with Crippen LogP contribution in [0.2, 0.25) is 0 Å². The summed E-state index contributed by atoms with van der Waals surface area (Å²) < 4.78 is 0. The van der Waals surface area contributed by atoms with E-state index in [1.165, 1.54) is 11.8 Å². The molecule has 0 aliphatic heterocycles. The van der Waals surface area contributed by atoms with Crippen molar-refractivity contribution < 1.29 is 9.59 Å². The second kappa shape index (κ2) is 8.50. The molecular formula is C19H18N4O2S. The van der Waals surface area contributed by atoms with Crippen molar-refractivity contribution in [1.29, 1.82) is 5.26 Å². The molecule has 132 valence electrons. The van der Waals surface area contributed by atoms with Crippen LogP contribution in [0.1, 0.15) is 29.7 Å². The fourth-order valence-corrected chi connectivity index (χ4v) is 3.56. The Balaban J connectivity index is 1.57. The smallest absolute Gasteiger partial charge is 0.308 e. The molecule has 6 nitrogen and oxygen atoms in total. The Morgan fingerprint density at radius 2 is 1.96 bits per heavy atom. The van der Waals surface area contributed by atoms with Crippen molar-refractivity contribution in [2.24, 2.45) is 0 Å². The van der Waals surface area contributed by atoms with Gasteiger partial charge in [0.15, 0.2) is 0 Å². The number of para-hydroxylation sites is 1. The molecule has 1 heterocycles. The number of anilines is 1. The van der Waals surface area contributed by atoms with Gasteiger partial charge in [0, 0.05) is 11.4 Å². The van der Waals surface area contributed by atoms with Crippen LogP contribution in [0.15, 0.2) is 41.4 Å². The molecule has 0 fully saturated rings. The number of hydrogen-bond donors (Lipinski definition) is 2. The number of rotatable bonds is 4. The predicted molar refractivity (Wildman–Crippen MR) is 99.9 cm³/mol. The van der Waals surface area contributed by atoms with Crippen molar-refractivity contribution in [3.8, 4) is 6.07 Å². The Morgan fingerprint density at radius 3 is 2.73 bits per heavy atom. The lowest BCUT2D eigenvalue weighted by atomic mass is 9.95. The first kappa shape index (κ1) is 18.0. The van der Waals surface area contributed by atoms with E-state index in [1.54, 1.807) is 24.3 Å². The first-order chi connectivity index (χ1) is 12.7. The van der Waals surface area contributed by atoms with Gasteiger partial charge in [0.1, 0.15) is 11.1 Å². The molecule has 0 saturated heterocycles. The van der Waals surface area contributed by atoms with Gasteiger partial charge in [0.25, 0.3) is 0 Å². The van der Waals surface area contributed by atoms with Crippen LogP contribution in [0.3, 0.4) is 0 Å². The third kappa shape index (κ3) is 4.61. The third-order valence-corrected chi connectivity index (χ3v) is 5.00. The van der Waals surface area contributed by atoms with Crippen LogP contribution in [-0.4, -0.2) is 22.7 Å². The maximum atomic E-state index is 12.0. The summed E-state index contributed by atoms with van der Waals surface area (Å²) in [5, 5.41) is 14.7. The summed E-state index contributed by atoms with van der Waals surface area (Å²) in [6.07, 6.45) is 4.06. The topological polar surface area (TPSA) is 94.9 Å². The van der Waals surface area contributed by atoms with Crippen LogP contribution in [0.5, 0.6) is 0 Å². The van der Waals surface area contributed by atoms with Gasteiger partial charge in [-0.3, -0.25) is 10.1 Å². The molecule has 1 aromatic carbocycles. The first-order valence-corrected chi connectivity index (χ1v) is 9.36. The summed E-state index contributed by atoms with van der Waals surface area (Å²) in [5.41, 5.74) is 3.23. The van der Waals surface area contributed by atoms with Gasteiger partial charge >= 0.3 is 6.03 Å². The second-order valence-electron chi connectivity index (χ2n) is 5.92. The molecule has 0 saturated carbocycles. The van der Waals surface area contributed by atoms with Crippen molar-refractivity contribution in [2.75, 3.05) is 11.1 Å². The summed E-state index contributed by atoms with van der Waals surface area (Å²) in [7, 11) is 0. The Bertz CT molecular complexity index is 862. The predicted octanol–water partition coefficient (Wildman–Crippen LogP) is 3.27. The fraction of sp³-hybridized carbons (Fsp3) is 0.263. The first-order valence-electron chi connectivity index (χ1n) is 8.37. The lowest BCUT2D eigenvalue weighted by Gasteiger charge is -2.16. The highest BCUT2D eigenvalue weighted by molar-refractivity contribution is 8.00.